The van der Waals surface area contributed by atoms with E-state index in [1.54, 1.807) is 12.1 Å². The van der Waals surface area contributed by atoms with Crippen LogP contribution < -0.4 is 17.2 Å². The summed E-state index contributed by atoms with van der Waals surface area (Å²) in [6.07, 6.45) is -3.98. The zero-order valence-corrected chi connectivity index (χ0v) is 27.9. The zero-order valence-electron chi connectivity index (χ0n) is 25.2. The highest BCUT2D eigenvalue weighted by Gasteiger charge is 2.43. The third-order valence-electron chi connectivity index (χ3n) is 6.39. The van der Waals surface area contributed by atoms with E-state index >= 15 is 0 Å². The number of nitrogens with two attached hydrogens (primary N) is 2. The maximum Gasteiger partial charge on any atom is 0.490 e. The molecular formula is C28H30FN4O13P3. The van der Waals surface area contributed by atoms with Crippen molar-refractivity contribution < 1.29 is 60.3 Å². The number of ether oxygens (including phenoxy) is 2. The SMILES string of the molecule is NCCOCC#Cc1ccc(-c2ccc(C#Cc3cn(C4CC(F)C(COP(=O)(O)OP(=O)(O)OP(=O)(O)O)O4)c(=O)nc3N)cc2)cc1. The van der Waals surface area contributed by atoms with Crippen LogP contribution in [0.15, 0.2) is 59.5 Å². The van der Waals surface area contributed by atoms with Crippen LogP contribution in [0.3, 0.4) is 0 Å². The number of phosphoric acid groups is 3. The molecule has 0 bridgehead atoms. The molecule has 17 nitrogen and oxygen atoms in total. The van der Waals surface area contributed by atoms with Crippen LogP contribution in [0.4, 0.5) is 10.2 Å². The molecule has 0 saturated carbocycles. The molecule has 49 heavy (non-hydrogen) atoms. The molecule has 1 saturated heterocycles. The average molecular weight is 742 g/mol. The van der Waals surface area contributed by atoms with Gasteiger partial charge in [-0.3, -0.25) is 9.09 Å². The highest BCUT2D eigenvalue weighted by Crippen LogP contribution is 2.66. The van der Waals surface area contributed by atoms with Crippen LogP contribution in [0.25, 0.3) is 11.1 Å². The van der Waals surface area contributed by atoms with Crippen molar-refractivity contribution in [1.82, 2.24) is 9.55 Å². The highest BCUT2D eigenvalue weighted by molar-refractivity contribution is 7.66. The fourth-order valence-corrected chi connectivity index (χ4v) is 7.27. The first kappa shape index (κ1) is 38.3. The fourth-order valence-electron chi connectivity index (χ4n) is 4.24. The molecule has 3 aromatic rings. The summed E-state index contributed by atoms with van der Waals surface area (Å²) in [6.45, 7) is 0.141. The van der Waals surface area contributed by atoms with Gasteiger partial charge in [-0.2, -0.15) is 13.6 Å². The Hall–Kier alpha value is -3.54. The summed E-state index contributed by atoms with van der Waals surface area (Å²) in [7, 11) is -16.9. The summed E-state index contributed by atoms with van der Waals surface area (Å²) in [6, 6.07) is 14.9. The van der Waals surface area contributed by atoms with Gasteiger partial charge in [-0.05, 0) is 35.4 Å². The first-order chi connectivity index (χ1) is 23.0. The summed E-state index contributed by atoms with van der Waals surface area (Å²) >= 11 is 0. The van der Waals surface area contributed by atoms with Crippen molar-refractivity contribution in [2.24, 2.45) is 5.73 Å². The van der Waals surface area contributed by atoms with E-state index in [0.717, 1.165) is 21.3 Å². The standard InChI is InChI=1S/C28H30FN4O13P3/c29-24-16-26(44-25(24)18-43-48(38,39)46-49(40,41)45-47(35,36)37)33-17-23(27(31)32-28(33)34)12-7-20-5-10-22(11-6-20)21-8-3-19(4-9-21)2-1-14-42-15-13-30/h3-6,8-11,17,24-26H,13-16,18,30H2,(H,38,39)(H,40,41)(H2,31,32,34)(H2,35,36,37). The fraction of sp³-hybridized carbons (Fsp3) is 0.286. The lowest BCUT2D eigenvalue weighted by Gasteiger charge is -2.19. The number of hydrogen-bond donors (Lipinski definition) is 6. The lowest BCUT2D eigenvalue weighted by atomic mass is 10.0. The molecule has 1 aliphatic rings. The number of nitrogens with zero attached hydrogens (tertiary/aromatic N) is 2. The monoisotopic (exact) mass is 742 g/mol. The molecule has 1 fully saturated rings. The smallest absolute Gasteiger partial charge is 0.382 e. The van der Waals surface area contributed by atoms with Crippen molar-refractivity contribution in [2.75, 3.05) is 32.1 Å². The van der Waals surface area contributed by atoms with E-state index in [2.05, 4.69) is 41.8 Å². The van der Waals surface area contributed by atoms with E-state index in [9.17, 15) is 32.7 Å². The zero-order chi connectivity index (χ0) is 35.8. The van der Waals surface area contributed by atoms with E-state index < -0.39 is 60.7 Å². The third kappa shape index (κ3) is 11.8. The van der Waals surface area contributed by atoms with Crippen molar-refractivity contribution in [3.63, 3.8) is 0 Å². The lowest BCUT2D eigenvalue weighted by Crippen LogP contribution is -2.29. The second-order valence-corrected chi connectivity index (χ2v) is 14.5. The first-order valence-electron chi connectivity index (χ1n) is 14.0. The Balaban J connectivity index is 1.40. The Labute approximate surface area is 278 Å². The molecule has 1 aliphatic heterocycles. The van der Waals surface area contributed by atoms with Gasteiger partial charge in [0.15, 0.2) is 0 Å². The predicted molar refractivity (Wildman–Crippen MR) is 171 cm³/mol. The normalized spacial score (nSPS) is 19.9. The summed E-state index contributed by atoms with van der Waals surface area (Å²) in [4.78, 5) is 52.4. The number of alkyl halides is 1. The molecule has 0 spiro atoms. The molecule has 262 valence electrons. The van der Waals surface area contributed by atoms with Crippen molar-refractivity contribution in [1.29, 1.82) is 0 Å². The maximum atomic E-state index is 14.8. The number of rotatable bonds is 12. The number of benzene rings is 2. The van der Waals surface area contributed by atoms with Gasteiger partial charge in [0, 0.05) is 30.3 Å². The Kier molecular flexibility index (Phi) is 12.8. The Morgan fingerprint density at radius 3 is 2.14 bits per heavy atom. The number of nitrogen functional groups attached to an aromatic ring is 1. The highest BCUT2D eigenvalue weighted by atomic mass is 31.3. The van der Waals surface area contributed by atoms with Crippen LogP contribution >= 0.6 is 23.5 Å². The maximum absolute atomic E-state index is 14.8. The van der Waals surface area contributed by atoms with Crippen molar-refractivity contribution in [3.05, 3.63) is 81.9 Å². The molecule has 4 rings (SSSR count). The van der Waals surface area contributed by atoms with Gasteiger partial charge < -0.3 is 40.5 Å². The summed E-state index contributed by atoms with van der Waals surface area (Å²) in [5.41, 5.74) is 13.8. The molecule has 2 aromatic carbocycles. The molecule has 8 N–H and O–H groups in total. The quantitative estimate of drug-likeness (QED) is 0.0882. The molecule has 2 heterocycles. The largest absolute Gasteiger partial charge is 0.490 e. The summed E-state index contributed by atoms with van der Waals surface area (Å²) in [5.74, 6) is 11.5. The average Bonchev–Trinajstić information content (AvgIpc) is 3.38. The molecule has 0 radical (unpaired) electrons. The van der Waals surface area contributed by atoms with E-state index in [4.69, 9.17) is 30.7 Å². The minimum absolute atomic E-state index is 0.115. The third-order valence-corrected chi connectivity index (χ3v) is 10.2. The number of halogens is 1. The van der Waals surface area contributed by atoms with Crippen LogP contribution in [0.2, 0.25) is 0 Å². The molecule has 0 amide bonds. The van der Waals surface area contributed by atoms with Crippen LogP contribution in [-0.2, 0) is 36.3 Å². The molecule has 5 atom stereocenters. The van der Waals surface area contributed by atoms with Crippen LogP contribution in [0, 0.1) is 23.7 Å². The number of phosphoric ester groups is 1. The summed E-state index contributed by atoms with van der Waals surface area (Å²) < 4.78 is 72.2. The van der Waals surface area contributed by atoms with E-state index in [1.165, 1.54) is 6.20 Å². The second-order valence-electron chi connectivity index (χ2n) is 10.0. The lowest BCUT2D eigenvalue weighted by molar-refractivity contribution is -0.0349. The first-order valence-corrected chi connectivity index (χ1v) is 18.5. The van der Waals surface area contributed by atoms with Crippen LogP contribution in [0.1, 0.15) is 29.3 Å². The van der Waals surface area contributed by atoms with Gasteiger partial charge in [-0.15, -0.1) is 0 Å². The van der Waals surface area contributed by atoms with Crippen LogP contribution in [-0.4, -0.2) is 67.8 Å². The van der Waals surface area contributed by atoms with E-state index in [0.29, 0.717) is 25.3 Å². The Morgan fingerprint density at radius 1 is 0.939 bits per heavy atom. The van der Waals surface area contributed by atoms with Gasteiger partial charge in [0.25, 0.3) is 0 Å². The minimum atomic E-state index is -5.77. The van der Waals surface area contributed by atoms with Gasteiger partial charge in [0.2, 0.25) is 0 Å². The number of aromatic nitrogens is 2. The van der Waals surface area contributed by atoms with Gasteiger partial charge >= 0.3 is 29.2 Å². The molecule has 5 unspecified atom stereocenters. The van der Waals surface area contributed by atoms with E-state index in [1.807, 2.05) is 36.4 Å². The van der Waals surface area contributed by atoms with Gasteiger partial charge in [0.05, 0.1) is 18.8 Å². The second kappa shape index (κ2) is 16.4. The molecule has 1 aromatic heterocycles. The van der Waals surface area contributed by atoms with Crippen molar-refractivity contribution in [3.8, 4) is 34.8 Å². The topological polar surface area (TPSA) is 265 Å². The van der Waals surface area contributed by atoms with Crippen LogP contribution in [0.5, 0.6) is 0 Å². The van der Waals surface area contributed by atoms with Gasteiger partial charge in [-0.1, -0.05) is 47.9 Å². The number of anilines is 1. The Morgan fingerprint density at radius 2 is 1.55 bits per heavy atom. The van der Waals surface area contributed by atoms with Gasteiger partial charge in [0.1, 0.15) is 30.9 Å². The summed E-state index contributed by atoms with van der Waals surface area (Å²) in [5, 5.41) is 0. The molecule has 21 heteroatoms. The minimum Gasteiger partial charge on any atom is -0.382 e. The molecule has 0 aliphatic carbocycles. The van der Waals surface area contributed by atoms with Gasteiger partial charge in [-0.25, -0.2) is 22.9 Å². The predicted octanol–water partition coefficient (Wildman–Crippen LogP) is 2.19. The Bertz CT molecular complexity index is 1970. The number of hydrogen-bond acceptors (Lipinski definition) is 12. The molecular weight excluding hydrogens is 712 g/mol. The van der Waals surface area contributed by atoms with E-state index in [-0.39, 0.29) is 11.4 Å². The van der Waals surface area contributed by atoms with Crippen molar-refractivity contribution >= 4 is 29.3 Å². The van der Waals surface area contributed by atoms with Crippen molar-refractivity contribution in [2.45, 2.75) is 24.9 Å².